The number of hydrogen-bond donors (Lipinski definition) is 4. The average Bonchev–Trinajstić information content (AvgIpc) is 2.27. The van der Waals surface area contributed by atoms with E-state index in [1.165, 1.54) is 10.4 Å². The normalized spacial score (nSPS) is 14.6. The number of nitrogens with one attached hydrogen (secondary N) is 2. The van der Waals surface area contributed by atoms with E-state index in [4.69, 9.17) is 10.4 Å². The molecule has 0 aliphatic heterocycles. The van der Waals surface area contributed by atoms with Crippen LogP contribution >= 0.6 is 0 Å². The van der Waals surface area contributed by atoms with Crippen LogP contribution in [0.15, 0.2) is 0 Å². The van der Waals surface area contributed by atoms with Gasteiger partial charge in [0.2, 0.25) is 0 Å². The summed E-state index contributed by atoms with van der Waals surface area (Å²) in [4.78, 5) is 12.6. The molecule has 90 valence electrons. The van der Waals surface area contributed by atoms with Crippen LogP contribution in [0.2, 0.25) is 0 Å². The van der Waals surface area contributed by atoms with Crippen LogP contribution in [0.25, 0.3) is 0 Å². The fraction of sp³-hybridized carbons (Fsp3) is 0.875. The highest BCUT2D eigenvalue weighted by atomic mass is 32.2. The Hall–Kier alpha value is -0.500. The third-order valence-electron chi connectivity index (χ3n) is 2.07. The molecule has 0 fully saturated rings. The molecule has 0 rings (SSSR count). The standard InChI is InChI=1S/C8H18N2O4S/c1-2-3-4-5-6-7(8(11)9-12)15(14)10-13/h7,10,12-13H,2-6H2,1H3,(H,9,11). The molecule has 7 heteroatoms. The molecule has 0 heterocycles. The Morgan fingerprint density at radius 2 is 2.00 bits per heavy atom. The molecule has 0 saturated carbocycles. The molecule has 0 aromatic carbocycles. The monoisotopic (exact) mass is 238 g/mol. The van der Waals surface area contributed by atoms with Crippen LogP contribution < -0.4 is 10.4 Å². The summed E-state index contributed by atoms with van der Waals surface area (Å²) in [5.74, 6) is -0.744. The van der Waals surface area contributed by atoms with Crippen molar-refractivity contribution in [3.63, 3.8) is 0 Å². The summed E-state index contributed by atoms with van der Waals surface area (Å²) in [7, 11) is -1.87. The number of hydrogen-bond acceptors (Lipinski definition) is 4. The summed E-state index contributed by atoms with van der Waals surface area (Å²) in [6, 6.07) is 0. The Bertz CT molecular complexity index is 197. The van der Waals surface area contributed by atoms with Crippen LogP contribution in [0.5, 0.6) is 0 Å². The van der Waals surface area contributed by atoms with Gasteiger partial charge in [0.15, 0.2) is 0 Å². The van der Waals surface area contributed by atoms with E-state index in [0.29, 0.717) is 6.42 Å². The Kier molecular flexibility index (Phi) is 8.49. The molecule has 15 heavy (non-hydrogen) atoms. The van der Waals surface area contributed by atoms with Gasteiger partial charge in [0, 0.05) is 0 Å². The lowest BCUT2D eigenvalue weighted by Gasteiger charge is -2.12. The third-order valence-corrected chi connectivity index (χ3v) is 3.22. The highest BCUT2D eigenvalue weighted by Gasteiger charge is 2.24. The van der Waals surface area contributed by atoms with Crippen molar-refractivity contribution in [1.29, 1.82) is 0 Å². The van der Waals surface area contributed by atoms with Gasteiger partial charge in [-0.25, -0.2) is 9.69 Å². The van der Waals surface area contributed by atoms with E-state index in [-0.39, 0.29) is 0 Å². The van der Waals surface area contributed by atoms with E-state index in [1.54, 1.807) is 0 Å². The highest BCUT2D eigenvalue weighted by Crippen LogP contribution is 2.09. The van der Waals surface area contributed by atoms with Gasteiger partial charge in [-0.2, -0.15) is 0 Å². The van der Waals surface area contributed by atoms with Crippen LogP contribution in [0.4, 0.5) is 0 Å². The molecule has 0 spiro atoms. The van der Waals surface area contributed by atoms with E-state index in [0.717, 1.165) is 25.7 Å². The Morgan fingerprint density at radius 3 is 2.47 bits per heavy atom. The molecule has 0 aromatic heterocycles. The minimum Gasteiger partial charge on any atom is -0.304 e. The molecule has 0 aliphatic rings. The zero-order valence-electron chi connectivity index (χ0n) is 8.73. The summed E-state index contributed by atoms with van der Waals surface area (Å²) in [6.07, 6.45) is 4.16. The Balaban J connectivity index is 4.02. The third kappa shape index (κ3) is 5.83. The number of unbranched alkanes of at least 4 members (excludes halogenated alkanes) is 3. The van der Waals surface area contributed by atoms with E-state index in [9.17, 15) is 9.00 Å². The fourth-order valence-electron chi connectivity index (χ4n) is 1.23. The van der Waals surface area contributed by atoms with Gasteiger partial charge in [0.25, 0.3) is 5.91 Å². The molecule has 4 N–H and O–H groups in total. The minimum absolute atomic E-state index is 0.368. The van der Waals surface area contributed by atoms with Gasteiger partial charge in [0.1, 0.15) is 16.2 Å². The van der Waals surface area contributed by atoms with Gasteiger partial charge in [-0.1, -0.05) is 32.6 Å². The molecule has 0 aliphatic carbocycles. The lowest BCUT2D eigenvalue weighted by Crippen LogP contribution is -2.39. The Morgan fingerprint density at radius 1 is 1.33 bits per heavy atom. The van der Waals surface area contributed by atoms with Gasteiger partial charge in [0.05, 0.1) is 0 Å². The number of rotatable bonds is 8. The maximum atomic E-state index is 11.2. The summed E-state index contributed by atoms with van der Waals surface area (Å²) in [5.41, 5.74) is 1.44. The van der Waals surface area contributed by atoms with Gasteiger partial charge < -0.3 is 5.21 Å². The van der Waals surface area contributed by atoms with Crippen molar-refractivity contribution in [2.24, 2.45) is 0 Å². The molecular formula is C8H18N2O4S. The predicted molar refractivity (Wildman–Crippen MR) is 55.5 cm³/mol. The zero-order chi connectivity index (χ0) is 11.7. The first-order valence-electron chi connectivity index (χ1n) is 4.91. The molecule has 1 amide bonds. The van der Waals surface area contributed by atoms with E-state index in [2.05, 4.69) is 6.92 Å². The van der Waals surface area contributed by atoms with Crippen LogP contribution in [0.3, 0.4) is 0 Å². The van der Waals surface area contributed by atoms with Gasteiger partial charge >= 0.3 is 0 Å². The lowest BCUT2D eigenvalue weighted by atomic mass is 10.1. The molecule has 2 atom stereocenters. The van der Waals surface area contributed by atoms with Gasteiger partial charge in [-0.3, -0.25) is 10.0 Å². The summed E-state index contributed by atoms with van der Waals surface area (Å²) >= 11 is 0. The number of amides is 1. The quantitative estimate of drug-likeness (QED) is 0.281. The summed E-state index contributed by atoms with van der Waals surface area (Å²) in [6.45, 7) is 2.06. The van der Waals surface area contributed by atoms with Crippen LogP contribution in [-0.4, -0.2) is 25.8 Å². The van der Waals surface area contributed by atoms with Gasteiger partial charge in [-0.15, -0.1) is 4.89 Å². The number of hydroxylamine groups is 1. The molecule has 0 saturated heterocycles. The van der Waals surface area contributed by atoms with Crippen molar-refractivity contribution in [3.05, 3.63) is 0 Å². The van der Waals surface area contributed by atoms with Crippen molar-refractivity contribution in [2.75, 3.05) is 0 Å². The average molecular weight is 238 g/mol. The molecule has 6 nitrogen and oxygen atoms in total. The van der Waals surface area contributed by atoms with Crippen LogP contribution in [-0.2, 0) is 15.8 Å². The maximum absolute atomic E-state index is 11.2. The second-order valence-corrected chi connectivity index (χ2v) is 4.55. The second kappa shape index (κ2) is 8.78. The highest BCUT2D eigenvalue weighted by molar-refractivity contribution is 7.84. The molecule has 0 radical (unpaired) electrons. The number of carbonyl (C=O) groups is 1. The minimum atomic E-state index is -1.87. The largest absolute Gasteiger partial charge is 0.304 e. The maximum Gasteiger partial charge on any atom is 0.260 e. The van der Waals surface area contributed by atoms with Crippen LogP contribution in [0, 0.1) is 0 Å². The lowest BCUT2D eigenvalue weighted by molar-refractivity contribution is -0.128. The summed E-state index contributed by atoms with van der Waals surface area (Å²) < 4.78 is 11.2. The van der Waals surface area contributed by atoms with Crippen molar-refractivity contribution in [1.82, 2.24) is 10.4 Å². The summed E-state index contributed by atoms with van der Waals surface area (Å²) in [5, 5.41) is 15.9. The molecule has 0 aromatic rings. The van der Waals surface area contributed by atoms with E-state index in [1.807, 2.05) is 0 Å². The first-order valence-corrected chi connectivity index (χ1v) is 6.12. The SMILES string of the molecule is CCCCCCC(C(=O)NO)S(=O)NO. The van der Waals surface area contributed by atoms with E-state index >= 15 is 0 Å². The second-order valence-electron chi connectivity index (χ2n) is 3.20. The molecule has 0 bridgehead atoms. The topological polar surface area (TPSA) is 98.7 Å². The van der Waals surface area contributed by atoms with Crippen LogP contribution in [0.1, 0.15) is 39.0 Å². The van der Waals surface area contributed by atoms with Gasteiger partial charge in [-0.05, 0) is 6.42 Å². The zero-order valence-corrected chi connectivity index (χ0v) is 9.55. The van der Waals surface area contributed by atoms with Crippen molar-refractivity contribution in [2.45, 2.75) is 44.3 Å². The van der Waals surface area contributed by atoms with Crippen molar-refractivity contribution < 1.29 is 19.4 Å². The smallest absolute Gasteiger partial charge is 0.260 e. The predicted octanol–water partition coefficient (Wildman–Crippen LogP) is 0.473. The Labute approximate surface area is 91.6 Å². The van der Waals surface area contributed by atoms with Crippen molar-refractivity contribution >= 4 is 16.9 Å². The number of carbonyl (C=O) groups excluding carboxylic acids is 1. The first kappa shape index (κ1) is 14.5. The fourth-order valence-corrected chi connectivity index (χ4v) is 1.98. The molecule has 2 unspecified atom stereocenters. The van der Waals surface area contributed by atoms with E-state index < -0.39 is 22.1 Å². The van der Waals surface area contributed by atoms with Crippen molar-refractivity contribution in [3.8, 4) is 0 Å². The molecular weight excluding hydrogens is 220 g/mol. The first-order chi connectivity index (χ1) is 7.17.